The normalized spacial score (nSPS) is 9.45. The number of H-pyrrole nitrogens is 1. The Balaban J connectivity index is 0.000000160. The summed E-state index contributed by atoms with van der Waals surface area (Å²) in [6, 6.07) is 18.1. The second kappa shape index (κ2) is 7.04. The minimum Gasteiger partial charge on any atom is -0.197 e. The van der Waals surface area contributed by atoms with E-state index in [2.05, 4.69) is 35.0 Å². The largest absolute Gasteiger partial charge is 0.197 e. The van der Waals surface area contributed by atoms with Crippen molar-refractivity contribution in [3.63, 3.8) is 0 Å². The Labute approximate surface area is 119 Å². The molecule has 0 radical (unpaired) electrons. The number of hydrogen-bond donors (Lipinski definition) is 1. The Morgan fingerprint density at radius 3 is 2.25 bits per heavy atom. The number of rotatable bonds is 2. The van der Waals surface area contributed by atoms with Crippen molar-refractivity contribution in [1.82, 2.24) is 15.4 Å². The molecule has 2 aromatic carbocycles. The van der Waals surface area contributed by atoms with E-state index >= 15 is 0 Å². The van der Waals surface area contributed by atoms with Crippen molar-refractivity contribution in [2.45, 2.75) is 6.92 Å². The van der Waals surface area contributed by atoms with E-state index in [-0.39, 0.29) is 0 Å². The van der Waals surface area contributed by atoms with Crippen LogP contribution in [-0.2, 0) is 0 Å². The average molecular weight is 263 g/mol. The Kier molecular flexibility index (Phi) is 4.84. The summed E-state index contributed by atoms with van der Waals surface area (Å²) in [6.45, 7) is 5.69. The van der Waals surface area contributed by atoms with Crippen LogP contribution in [0.2, 0.25) is 0 Å². The number of aromatic nitrogens is 3. The summed E-state index contributed by atoms with van der Waals surface area (Å²) in [5.74, 6) is 0. The summed E-state index contributed by atoms with van der Waals surface area (Å²) in [7, 11) is 0. The van der Waals surface area contributed by atoms with Gasteiger partial charge >= 0.3 is 0 Å². The van der Waals surface area contributed by atoms with E-state index < -0.39 is 0 Å². The fraction of sp³-hybridized carbons (Fsp3) is 0.0588. The highest BCUT2D eigenvalue weighted by Gasteiger charge is 2.01. The van der Waals surface area contributed by atoms with Crippen LogP contribution in [0.5, 0.6) is 0 Å². The molecule has 0 spiro atoms. The van der Waals surface area contributed by atoms with Crippen LogP contribution >= 0.6 is 0 Å². The maximum Gasteiger partial charge on any atom is 0.113 e. The number of aromatic amines is 1. The Morgan fingerprint density at radius 2 is 1.70 bits per heavy atom. The van der Waals surface area contributed by atoms with Gasteiger partial charge in [-0.2, -0.15) is 15.4 Å². The molecular formula is C17H17N3. The van der Waals surface area contributed by atoms with Gasteiger partial charge in [0.1, 0.15) is 5.69 Å². The summed E-state index contributed by atoms with van der Waals surface area (Å²) in [5.41, 5.74) is 4.42. The molecular weight excluding hydrogens is 246 g/mol. The van der Waals surface area contributed by atoms with Crippen LogP contribution in [0.4, 0.5) is 0 Å². The lowest BCUT2D eigenvalue weighted by Gasteiger charge is -1.98. The molecule has 0 fully saturated rings. The third-order valence-corrected chi connectivity index (χ3v) is 2.87. The molecule has 3 rings (SSSR count). The molecule has 0 amide bonds. The van der Waals surface area contributed by atoms with Gasteiger partial charge in [0.05, 0.1) is 6.20 Å². The topological polar surface area (TPSA) is 41.6 Å². The van der Waals surface area contributed by atoms with Gasteiger partial charge in [-0.05, 0) is 18.1 Å². The van der Waals surface area contributed by atoms with E-state index in [4.69, 9.17) is 0 Å². The van der Waals surface area contributed by atoms with E-state index in [0.29, 0.717) is 0 Å². The third kappa shape index (κ3) is 3.65. The van der Waals surface area contributed by atoms with Gasteiger partial charge in [-0.25, -0.2) is 0 Å². The Bertz CT molecular complexity index is 643. The zero-order valence-electron chi connectivity index (χ0n) is 11.5. The minimum absolute atomic E-state index is 0.896. The molecule has 3 nitrogen and oxygen atoms in total. The first kappa shape index (κ1) is 13.7. The fourth-order valence-corrected chi connectivity index (χ4v) is 1.78. The highest BCUT2D eigenvalue weighted by molar-refractivity contribution is 5.61. The third-order valence-electron chi connectivity index (χ3n) is 2.87. The van der Waals surface area contributed by atoms with Crippen LogP contribution in [-0.4, -0.2) is 15.4 Å². The lowest BCUT2D eigenvalue weighted by Crippen LogP contribution is -1.81. The van der Waals surface area contributed by atoms with Gasteiger partial charge in [-0.1, -0.05) is 67.3 Å². The number of hydrogen-bond acceptors (Lipinski definition) is 2. The first-order valence-electron chi connectivity index (χ1n) is 6.40. The zero-order valence-corrected chi connectivity index (χ0v) is 11.5. The molecule has 0 saturated heterocycles. The molecule has 0 bridgehead atoms. The van der Waals surface area contributed by atoms with Gasteiger partial charge in [-0.3, -0.25) is 0 Å². The molecule has 0 aliphatic rings. The van der Waals surface area contributed by atoms with Crippen molar-refractivity contribution in [1.29, 1.82) is 0 Å². The van der Waals surface area contributed by atoms with Crippen molar-refractivity contribution in [3.8, 4) is 11.3 Å². The van der Waals surface area contributed by atoms with Crippen LogP contribution in [0, 0.1) is 6.92 Å². The van der Waals surface area contributed by atoms with Crippen molar-refractivity contribution in [2.24, 2.45) is 0 Å². The van der Waals surface area contributed by atoms with Crippen molar-refractivity contribution >= 4 is 6.08 Å². The monoisotopic (exact) mass is 263 g/mol. The summed E-state index contributed by atoms with van der Waals surface area (Å²) in [4.78, 5) is 0. The molecule has 0 atom stereocenters. The van der Waals surface area contributed by atoms with Gasteiger partial charge in [-0.15, -0.1) is 0 Å². The van der Waals surface area contributed by atoms with E-state index in [1.165, 1.54) is 11.1 Å². The standard InChI is InChI=1S/C9H9N3.C8H8/c1-7-4-2-3-5-8(7)9-6-10-12-11-9;1-2-8-6-4-3-5-7-8/h2-6H,1H3,(H,10,11,12);2-7H,1H2. The van der Waals surface area contributed by atoms with Crippen LogP contribution < -0.4 is 0 Å². The maximum absolute atomic E-state index is 4.01. The molecule has 0 saturated carbocycles. The van der Waals surface area contributed by atoms with E-state index in [9.17, 15) is 0 Å². The number of nitrogens with one attached hydrogen (secondary N) is 1. The molecule has 3 heteroatoms. The van der Waals surface area contributed by atoms with E-state index in [1.807, 2.05) is 54.6 Å². The van der Waals surface area contributed by atoms with Gasteiger partial charge < -0.3 is 0 Å². The van der Waals surface area contributed by atoms with Crippen LogP contribution in [0.1, 0.15) is 11.1 Å². The quantitative estimate of drug-likeness (QED) is 0.756. The molecule has 100 valence electrons. The summed E-state index contributed by atoms with van der Waals surface area (Å²) < 4.78 is 0. The predicted molar refractivity (Wildman–Crippen MR) is 83.1 cm³/mol. The highest BCUT2D eigenvalue weighted by atomic mass is 15.3. The summed E-state index contributed by atoms with van der Waals surface area (Å²) >= 11 is 0. The Morgan fingerprint density at radius 1 is 1.00 bits per heavy atom. The smallest absolute Gasteiger partial charge is 0.113 e. The lowest BCUT2D eigenvalue weighted by atomic mass is 10.1. The predicted octanol–water partition coefficient (Wildman–Crippen LogP) is 4.11. The molecule has 0 unspecified atom stereocenters. The first-order chi connectivity index (χ1) is 9.81. The number of aryl methyl sites for hydroxylation is 1. The highest BCUT2D eigenvalue weighted by Crippen LogP contribution is 2.18. The minimum atomic E-state index is 0.896. The second-order valence-electron chi connectivity index (χ2n) is 4.28. The summed E-state index contributed by atoms with van der Waals surface area (Å²) in [6.07, 6.45) is 3.56. The van der Waals surface area contributed by atoms with Crippen LogP contribution in [0.15, 0.2) is 67.4 Å². The molecule has 3 aromatic rings. The second-order valence-corrected chi connectivity index (χ2v) is 4.28. The number of nitrogens with zero attached hydrogens (tertiary/aromatic N) is 2. The van der Waals surface area contributed by atoms with Gasteiger partial charge in [0.25, 0.3) is 0 Å². The van der Waals surface area contributed by atoms with Crippen molar-refractivity contribution < 1.29 is 0 Å². The molecule has 1 aromatic heterocycles. The summed E-state index contributed by atoms with van der Waals surface area (Å²) in [5, 5.41) is 10.4. The lowest BCUT2D eigenvalue weighted by molar-refractivity contribution is 0.942. The molecule has 0 aliphatic carbocycles. The molecule has 1 N–H and O–H groups in total. The molecule has 0 aliphatic heterocycles. The van der Waals surface area contributed by atoms with Crippen LogP contribution in [0.25, 0.3) is 17.3 Å². The molecule has 20 heavy (non-hydrogen) atoms. The van der Waals surface area contributed by atoms with Gasteiger partial charge in [0, 0.05) is 5.56 Å². The average Bonchev–Trinajstić information content (AvgIpc) is 3.03. The molecule has 1 heterocycles. The Hall–Kier alpha value is -2.68. The van der Waals surface area contributed by atoms with E-state index in [1.54, 1.807) is 6.20 Å². The maximum atomic E-state index is 4.01. The van der Waals surface area contributed by atoms with Crippen molar-refractivity contribution in [2.75, 3.05) is 0 Å². The SMILES string of the molecule is C=Cc1ccccc1.Cc1ccccc1-c1cn[nH]n1. The van der Waals surface area contributed by atoms with Crippen molar-refractivity contribution in [3.05, 3.63) is 78.5 Å². The number of benzene rings is 2. The first-order valence-corrected chi connectivity index (χ1v) is 6.40. The fourth-order valence-electron chi connectivity index (χ4n) is 1.78. The zero-order chi connectivity index (χ0) is 14.2. The van der Waals surface area contributed by atoms with Crippen LogP contribution in [0.3, 0.4) is 0 Å². The van der Waals surface area contributed by atoms with Gasteiger partial charge in [0.2, 0.25) is 0 Å². The van der Waals surface area contributed by atoms with E-state index in [0.717, 1.165) is 11.3 Å². The van der Waals surface area contributed by atoms with Gasteiger partial charge in [0.15, 0.2) is 0 Å².